The number of carbonyl (C=O) groups excluding carboxylic acids is 1. The Kier molecular flexibility index (Phi) is 4.16. The van der Waals surface area contributed by atoms with Crippen LogP contribution >= 0.6 is 11.3 Å². The molecule has 3 aliphatic rings. The summed E-state index contributed by atoms with van der Waals surface area (Å²) in [6.45, 7) is 1.99. The molecule has 5 heterocycles. The smallest absolute Gasteiger partial charge is 0.273 e. The zero-order chi connectivity index (χ0) is 21.1. The molecule has 2 aromatic heterocycles. The average Bonchev–Trinajstić information content (AvgIpc) is 3.55. The van der Waals surface area contributed by atoms with Gasteiger partial charge in [0, 0.05) is 37.2 Å². The van der Waals surface area contributed by atoms with Crippen LogP contribution in [0.3, 0.4) is 0 Å². The molecule has 3 aliphatic heterocycles. The topological polar surface area (TPSA) is 68.6 Å². The number of thiazole rings is 1. The lowest BCUT2D eigenvalue weighted by Crippen LogP contribution is -2.48. The van der Waals surface area contributed by atoms with Crippen LogP contribution in [-0.4, -0.2) is 52.8 Å². The molecule has 1 N–H and O–H groups in total. The first-order chi connectivity index (χ1) is 15.1. The van der Waals surface area contributed by atoms with Crippen molar-refractivity contribution in [2.45, 2.75) is 30.4 Å². The summed E-state index contributed by atoms with van der Waals surface area (Å²) in [5.74, 6) is 0.856. The lowest BCUT2D eigenvalue weighted by atomic mass is 9.79. The van der Waals surface area contributed by atoms with Gasteiger partial charge in [0.2, 0.25) is 0 Å². The first-order valence-corrected chi connectivity index (χ1v) is 11.5. The summed E-state index contributed by atoms with van der Waals surface area (Å²) in [7, 11) is 1.69. The van der Waals surface area contributed by atoms with Gasteiger partial charge in [-0.25, -0.2) is 4.98 Å². The molecule has 1 atom stereocenters. The van der Waals surface area contributed by atoms with Gasteiger partial charge in [-0.3, -0.25) is 4.79 Å². The van der Waals surface area contributed by atoms with Crippen LogP contribution in [0.5, 0.6) is 5.75 Å². The van der Waals surface area contributed by atoms with E-state index >= 15 is 0 Å². The zero-order valence-electron chi connectivity index (χ0n) is 17.3. The predicted molar refractivity (Wildman–Crippen MR) is 118 cm³/mol. The van der Waals surface area contributed by atoms with Crippen LogP contribution in [0.4, 0.5) is 5.69 Å². The number of hydrogen-bond donors (Lipinski definition) is 1. The Morgan fingerprint density at radius 2 is 2.16 bits per heavy atom. The lowest BCUT2D eigenvalue weighted by Gasteiger charge is -2.41. The number of likely N-dealkylation sites (tertiary alicyclic amines) is 1. The number of carbonyl (C=O) groups is 1. The number of aromatic nitrogens is 2. The third-order valence-electron chi connectivity index (χ3n) is 6.94. The molecule has 7 nitrogen and oxygen atoms in total. The molecule has 2 spiro atoms. The Morgan fingerprint density at radius 3 is 2.94 bits per heavy atom. The normalized spacial score (nSPS) is 23.5. The lowest BCUT2D eigenvalue weighted by molar-refractivity contribution is -0.0393. The fourth-order valence-corrected chi connectivity index (χ4v) is 5.87. The second-order valence-corrected chi connectivity index (χ2v) is 9.39. The number of anilines is 1. The predicted octanol–water partition coefficient (Wildman–Crippen LogP) is 3.66. The van der Waals surface area contributed by atoms with E-state index < -0.39 is 0 Å². The Balaban J connectivity index is 1.26. The highest BCUT2D eigenvalue weighted by Gasteiger charge is 2.54. The third kappa shape index (κ3) is 2.89. The number of amides is 1. The van der Waals surface area contributed by atoms with Gasteiger partial charge in [-0.2, -0.15) is 0 Å². The monoisotopic (exact) mass is 436 g/mol. The first-order valence-electron chi connectivity index (χ1n) is 10.6. The van der Waals surface area contributed by atoms with E-state index in [0.29, 0.717) is 25.4 Å². The third-order valence-corrected chi connectivity index (χ3v) is 7.52. The van der Waals surface area contributed by atoms with Crippen LogP contribution in [0.15, 0.2) is 47.4 Å². The van der Waals surface area contributed by atoms with Crippen LogP contribution in [0.2, 0.25) is 0 Å². The van der Waals surface area contributed by atoms with Crippen molar-refractivity contribution in [3.05, 3.63) is 58.8 Å². The minimum absolute atomic E-state index is 0.0227. The van der Waals surface area contributed by atoms with E-state index in [1.807, 2.05) is 16.3 Å². The maximum Gasteiger partial charge on any atom is 0.273 e. The summed E-state index contributed by atoms with van der Waals surface area (Å²) in [4.78, 5) is 18.8. The first kappa shape index (κ1) is 18.9. The van der Waals surface area contributed by atoms with E-state index in [2.05, 4.69) is 45.3 Å². The van der Waals surface area contributed by atoms with E-state index in [1.54, 1.807) is 12.6 Å². The molecule has 0 saturated carbocycles. The van der Waals surface area contributed by atoms with Crippen molar-refractivity contribution in [1.82, 2.24) is 14.5 Å². The number of nitrogens with zero attached hydrogens (tertiary/aromatic N) is 3. The van der Waals surface area contributed by atoms with Gasteiger partial charge < -0.3 is 24.3 Å². The molecule has 0 radical (unpaired) electrons. The van der Waals surface area contributed by atoms with Gasteiger partial charge in [0.1, 0.15) is 17.0 Å². The number of methoxy groups -OCH3 is 1. The number of ether oxygens (including phenoxy) is 2. The van der Waals surface area contributed by atoms with Crippen molar-refractivity contribution >= 4 is 22.9 Å². The van der Waals surface area contributed by atoms with Gasteiger partial charge in [0.15, 0.2) is 0 Å². The van der Waals surface area contributed by atoms with Crippen LogP contribution < -0.4 is 10.1 Å². The van der Waals surface area contributed by atoms with Crippen LogP contribution in [0.1, 0.15) is 35.4 Å². The van der Waals surface area contributed by atoms with Gasteiger partial charge in [-0.15, -0.1) is 11.3 Å². The van der Waals surface area contributed by atoms with E-state index in [-0.39, 0.29) is 17.0 Å². The molecule has 0 aliphatic carbocycles. The average molecular weight is 437 g/mol. The molecule has 160 valence electrons. The Hall–Kier alpha value is -2.84. The maximum absolute atomic E-state index is 12.7. The quantitative estimate of drug-likeness (QED) is 0.664. The van der Waals surface area contributed by atoms with Gasteiger partial charge in [-0.05, 0) is 37.1 Å². The second-order valence-electron chi connectivity index (χ2n) is 8.67. The maximum atomic E-state index is 12.7. The summed E-state index contributed by atoms with van der Waals surface area (Å²) < 4.78 is 14.2. The summed E-state index contributed by atoms with van der Waals surface area (Å²) in [6, 6.07) is 10.4. The minimum atomic E-state index is -0.288. The minimum Gasteiger partial charge on any atom is -0.497 e. The molecule has 2 fully saturated rings. The van der Waals surface area contributed by atoms with Crippen LogP contribution in [0.25, 0.3) is 5.69 Å². The van der Waals surface area contributed by atoms with Crippen molar-refractivity contribution < 1.29 is 14.3 Å². The number of nitrogens with one attached hydrogen (secondary N) is 1. The van der Waals surface area contributed by atoms with Crippen molar-refractivity contribution in [2.75, 3.05) is 32.1 Å². The van der Waals surface area contributed by atoms with E-state index in [1.165, 1.54) is 17.0 Å². The summed E-state index contributed by atoms with van der Waals surface area (Å²) in [6.07, 6.45) is 4.65. The molecule has 0 bridgehead atoms. The van der Waals surface area contributed by atoms with Crippen molar-refractivity contribution in [3.63, 3.8) is 0 Å². The summed E-state index contributed by atoms with van der Waals surface area (Å²) in [5.41, 5.74) is 5.14. The fraction of sp³-hybridized carbons (Fsp3) is 0.391. The Bertz CT molecular complexity index is 1130. The van der Waals surface area contributed by atoms with E-state index in [9.17, 15) is 4.79 Å². The Labute approximate surface area is 184 Å². The molecule has 6 rings (SSSR count). The number of rotatable bonds is 2. The highest BCUT2D eigenvalue weighted by Crippen LogP contribution is 2.50. The molecule has 2 saturated heterocycles. The van der Waals surface area contributed by atoms with Crippen molar-refractivity contribution in [3.8, 4) is 11.4 Å². The molecule has 31 heavy (non-hydrogen) atoms. The van der Waals surface area contributed by atoms with Crippen molar-refractivity contribution in [2.24, 2.45) is 0 Å². The molecule has 1 aromatic carbocycles. The number of benzene rings is 1. The molecule has 1 amide bonds. The van der Waals surface area contributed by atoms with Gasteiger partial charge in [0.25, 0.3) is 5.91 Å². The highest BCUT2D eigenvalue weighted by molar-refractivity contribution is 7.07. The largest absolute Gasteiger partial charge is 0.497 e. The highest BCUT2D eigenvalue weighted by atomic mass is 32.1. The van der Waals surface area contributed by atoms with Crippen LogP contribution in [-0.2, 0) is 10.3 Å². The van der Waals surface area contributed by atoms with E-state index in [0.717, 1.165) is 36.4 Å². The van der Waals surface area contributed by atoms with Crippen LogP contribution in [0, 0.1) is 0 Å². The molecule has 0 unspecified atom stereocenters. The summed E-state index contributed by atoms with van der Waals surface area (Å²) in [5, 5.41) is 5.62. The fourth-order valence-electron chi connectivity index (χ4n) is 5.35. The summed E-state index contributed by atoms with van der Waals surface area (Å²) >= 11 is 1.45. The number of hydrogen-bond acceptors (Lipinski definition) is 6. The Morgan fingerprint density at radius 1 is 1.29 bits per heavy atom. The number of piperidine rings is 1. The molecule has 8 heteroatoms. The molecular formula is C23H24N4O3S. The van der Waals surface area contributed by atoms with Gasteiger partial charge >= 0.3 is 0 Å². The van der Waals surface area contributed by atoms with E-state index in [4.69, 9.17) is 9.47 Å². The van der Waals surface area contributed by atoms with Gasteiger partial charge in [-0.1, -0.05) is 0 Å². The number of fused-ring (bicyclic) bond motifs is 4. The van der Waals surface area contributed by atoms with Gasteiger partial charge in [0.05, 0.1) is 41.9 Å². The van der Waals surface area contributed by atoms with Crippen molar-refractivity contribution in [1.29, 1.82) is 0 Å². The SMILES string of the molecule is COc1ccc2c(c1)N[C@@]1(COC3(CCN(C(=O)c4cscn4)CC3)C1)c1cccn1-2. The second kappa shape index (κ2) is 6.83. The standard InChI is InChI=1S/C23H24N4O3S/c1-29-16-4-5-19-17(11-16)25-23(20-3-2-8-27(19)20)13-22(30-14-23)6-9-26(10-7-22)21(28)18-12-31-15-24-18/h2-5,8,11-12,15,25H,6-7,9-10,13-14H2,1H3/t23-/m0/s1. The molecule has 3 aromatic rings. The zero-order valence-corrected chi connectivity index (χ0v) is 18.2. The molecular weight excluding hydrogens is 412 g/mol.